The number of carbonyl (C=O) groups excluding carboxylic acids is 1. The van der Waals surface area contributed by atoms with Crippen molar-refractivity contribution in [1.29, 1.82) is 0 Å². The molecule has 1 heterocycles. The van der Waals surface area contributed by atoms with Gasteiger partial charge in [-0.3, -0.25) is 4.79 Å². The molecule has 35 heavy (non-hydrogen) atoms. The van der Waals surface area contributed by atoms with E-state index in [1.54, 1.807) is 0 Å². The lowest BCUT2D eigenvalue weighted by Gasteiger charge is -2.12. The van der Waals surface area contributed by atoms with Gasteiger partial charge >= 0.3 is 5.97 Å². The van der Waals surface area contributed by atoms with Gasteiger partial charge in [0.2, 0.25) is 0 Å². The van der Waals surface area contributed by atoms with Crippen LogP contribution in [0.25, 0.3) is 22.0 Å². The number of aromatic amines is 1. The fourth-order valence-electron chi connectivity index (χ4n) is 4.82. The zero-order chi connectivity index (χ0) is 24.0. The Kier molecular flexibility index (Phi) is 7.03. The quantitative estimate of drug-likeness (QED) is 0.208. The molecule has 0 bridgehead atoms. The Balaban J connectivity index is 1.07. The Morgan fingerprint density at radius 3 is 2.51 bits per heavy atom. The predicted molar refractivity (Wildman–Crippen MR) is 138 cm³/mol. The second-order valence-electron chi connectivity index (χ2n) is 8.96. The number of hydrogen-bond acceptors (Lipinski definition) is 4. The molecule has 5 heteroatoms. The summed E-state index contributed by atoms with van der Waals surface area (Å²) >= 11 is 0. The molecular weight excluding hydrogens is 438 g/mol. The number of aromatic nitrogens is 1. The lowest BCUT2D eigenvalue weighted by Crippen LogP contribution is -2.08. The average Bonchev–Trinajstić information content (AvgIpc) is 3.51. The van der Waals surface area contributed by atoms with E-state index in [4.69, 9.17) is 14.2 Å². The molecule has 0 saturated carbocycles. The molecule has 5 nitrogen and oxygen atoms in total. The molecule has 0 unspecified atom stereocenters. The maximum Gasteiger partial charge on any atom is 0.306 e. The van der Waals surface area contributed by atoms with Crippen molar-refractivity contribution in [3.8, 4) is 22.6 Å². The van der Waals surface area contributed by atoms with Gasteiger partial charge in [0.25, 0.3) is 0 Å². The number of H-pyrrole nitrogens is 1. The van der Waals surface area contributed by atoms with Crippen LogP contribution in [0.3, 0.4) is 0 Å². The number of fused-ring (bicyclic) bond motifs is 2. The standard InChI is InChI=1S/C30H31NO4/c1-2-33-30(32)20-25-7-6-24-18-27(12-13-28(24)25)35-17-3-16-34-26-10-8-21(9-11-26)23-5-4-22-14-15-31-29(22)19-23/h4-5,8-15,18-19,25,31H,2-3,6-7,16-17,20H2,1H3/t25-/m0/s1. The number of carbonyl (C=O) groups is 1. The number of esters is 1. The molecular formula is C30H31NO4. The minimum Gasteiger partial charge on any atom is -0.493 e. The Labute approximate surface area is 206 Å². The number of nitrogens with one attached hydrogen (secondary N) is 1. The molecule has 1 aliphatic rings. The first-order chi connectivity index (χ1) is 17.2. The maximum absolute atomic E-state index is 11.8. The van der Waals surface area contributed by atoms with Gasteiger partial charge in [0.05, 0.1) is 26.2 Å². The minimum atomic E-state index is -0.113. The molecule has 0 saturated heterocycles. The highest BCUT2D eigenvalue weighted by molar-refractivity contribution is 5.84. The van der Waals surface area contributed by atoms with Crippen molar-refractivity contribution in [3.05, 3.63) is 84.1 Å². The predicted octanol–water partition coefficient (Wildman–Crippen LogP) is 6.67. The van der Waals surface area contributed by atoms with Crippen LogP contribution < -0.4 is 9.47 Å². The van der Waals surface area contributed by atoms with Crippen molar-refractivity contribution in [2.45, 2.75) is 38.5 Å². The van der Waals surface area contributed by atoms with Gasteiger partial charge in [-0.25, -0.2) is 0 Å². The summed E-state index contributed by atoms with van der Waals surface area (Å²) in [6.07, 6.45) is 5.19. The number of benzene rings is 3. The summed E-state index contributed by atoms with van der Waals surface area (Å²) in [6.45, 7) is 3.47. The molecule has 1 aliphatic carbocycles. The van der Waals surface area contributed by atoms with Crippen molar-refractivity contribution in [1.82, 2.24) is 4.98 Å². The second kappa shape index (κ2) is 10.7. The van der Waals surface area contributed by atoms with Crippen molar-refractivity contribution in [2.75, 3.05) is 19.8 Å². The van der Waals surface area contributed by atoms with E-state index >= 15 is 0 Å². The van der Waals surface area contributed by atoms with E-state index in [0.29, 0.717) is 26.2 Å². The Morgan fingerprint density at radius 2 is 1.69 bits per heavy atom. The highest BCUT2D eigenvalue weighted by Crippen LogP contribution is 2.37. The van der Waals surface area contributed by atoms with Crippen molar-refractivity contribution < 1.29 is 19.0 Å². The topological polar surface area (TPSA) is 60.6 Å². The molecule has 1 aromatic heterocycles. The fourth-order valence-corrected chi connectivity index (χ4v) is 4.82. The van der Waals surface area contributed by atoms with Gasteiger partial charge in [-0.05, 0) is 89.7 Å². The smallest absolute Gasteiger partial charge is 0.306 e. The van der Waals surface area contributed by atoms with Crippen LogP contribution in [0.1, 0.15) is 43.2 Å². The lowest BCUT2D eigenvalue weighted by molar-refractivity contribution is -0.143. The zero-order valence-corrected chi connectivity index (χ0v) is 20.1. The Bertz CT molecular complexity index is 1290. The molecule has 0 aliphatic heterocycles. The lowest BCUT2D eigenvalue weighted by atomic mass is 9.98. The third kappa shape index (κ3) is 5.51. The van der Waals surface area contributed by atoms with E-state index in [1.165, 1.54) is 27.6 Å². The summed E-state index contributed by atoms with van der Waals surface area (Å²) in [7, 11) is 0. The Hall–Kier alpha value is -3.73. The maximum atomic E-state index is 11.8. The molecule has 1 N–H and O–H groups in total. The van der Waals surface area contributed by atoms with Crippen LogP contribution in [0.15, 0.2) is 72.9 Å². The zero-order valence-electron chi connectivity index (χ0n) is 20.1. The van der Waals surface area contributed by atoms with Gasteiger partial charge < -0.3 is 19.2 Å². The number of hydrogen-bond donors (Lipinski definition) is 1. The van der Waals surface area contributed by atoms with E-state index in [1.807, 2.05) is 31.3 Å². The van der Waals surface area contributed by atoms with Gasteiger partial charge in [-0.1, -0.05) is 30.3 Å². The largest absolute Gasteiger partial charge is 0.493 e. The normalized spacial score (nSPS) is 14.6. The molecule has 0 fully saturated rings. The number of ether oxygens (including phenoxy) is 3. The van der Waals surface area contributed by atoms with Crippen molar-refractivity contribution >= 4 is 16.9 Å². The number of aryl methyl sites for hydroxylation is 1. The van der Waals surface area contributed by atoms with E-state index in [2.05, 4.69) is 53.5 Å². The molecule has 0 radical (unpaired) electrons. The SMILES string of the molecule is CCOC(=O)C[C@@H]1CCc2cc(OCCCOc3ccc(-c4ccc5cc[nH]c5c4)cc3)ccc21. The monoisotopic (exact) mass is 469 g/mol. The summed E-state index contributed by atoms with van der Waals surface area (Å²) < 4.78 is 17.0. The minimum absolute atomic E-state index is 0.113. The van der Waals surface area contributed by atoms with Gasteiger partial charge in [-0.2, -0.15) is 0 Å². The van der Waals surface area contributed by atoms with Gasteiger partial charge in [-0.15, -0.1) is 0 Å². The van der Waals surface area contributed by atoms with Crippen LogP contribution in [0.5, 0.6) is 11.5 Å². The van der Waals surface area contributed by atoms with Crippen LogP contribution in [0, 0.1) is 0 Å². The van der Waals surface area contributed by atoms with Crippen molar-refractivity contribution in [2.24, 2.45) is 0 Å². The number of rotatable bonds is 10. The second-order valence-corrected chi connectivity index (χ2v) is 8.96. The molecule has 0 spiro atoms. The van der Waals surface area contributed by atoms with Crippen LogP contribution in [-0.2, 0) is 16.0 Å². The molecule has 4 aromatic rings. The van der Waals surface area contributed by atoms with Crippen LogP contribution in [-0.4, -0.2) is 30.8 Å². The third-order valence-electron chi connectivity index (χ3n) is 6.60. The molecule has 3 aromatic carbocycles. The summed E-state index contributed by atoms with van der Waals surface area (Å²) in [6, 6.07) is 23.0. The van der Waals surface area contributed by atoms with Crippen LogP contribution >= 0.6 is 0 Å². The van der Waals surface area contributed by atoms with Gasteiger partial charge in [0, 0.05) is 18.1 Å². The molecule has 5 rings (SSSR count). The van der Waals surface area contributed by atoms with E-state index in [0.717, 1.165) is 36.3 Å². The molecule has 180 valence electrons. The third-order valence-corrected chi connectivity index (χ3v) is 6.60. The molecule has 0 amide bonds. The van der Waals surface area contributed by atoms with E-state index in [-0.39, 0.29) is 11.9 Å². The highest BCUT2D eigenvalue weighted by Gasteiger charge is 2.25. The molecule has 1 atom stereocenters. The van der Waals surface area contributed by atoms with Gasteiger partial charge in [0.15, 0.2) is 0 Å². The first-order valence-corrected chi connectivity index (χ1v) is 12.4. The van der Waals surface area contributed by atoms with Crippen LogP contribution in [0.2, 0.25) is 0 Å². The first-order valence-electron chi connectivity index (χ1n) is 12.4. The average molecular weight is 470 g/mol. The van der Waals surface area contributed by atoms with E-state index in [9.17, 15) is 4.79 Å². The van der Waals surface area contributed by atoms with Crippen LogP contribution in [0.4, 0.5) is 0 Å². The summed E-state index contributed by atoms with van der Waals surface area (Å²) in [5.41, 5.74) is 6.02. The Morgan fingerprint density at radius 1 is 0.914 bits per heavy atom. The summed E-state index contributed by atoms with van der Waals surface area (Å²) in [5, 5.41) is 1.22. The van der Waals surface area contributed by atoms with E-state index < -0.39 is 0 Å². The fraction of sp³-hybridized carbons (Fsp3) is 0.300. The van der Waals surface area contributed by atoms with Crippen molar-refractivity contribution in [3.63, 3.8) is 0 Å². The van der Waals surface area contributed by atoms with Gasteiger partial charge in [0.1, 0.15) is 11.5 Å². The first kappa shape index (κ1) is 23.0. The summed E-state index contributed by atoms with van der Waals surface area (Å²) in [4.78, 5) is 15.1. The highest BCUT2D eigenvalue weighted by atomic mass is 16.5. The summed E-state index contributed by atoms with van der Waals surface area (Å²) in [5.74, 6) is 1.89.